The van der Waals surface area contributed by atoms with E-state index in [1.807, 2.05) is 31.2 Å². The quantitative estimate of drug-likeness (QED) is 0.882. The summed E-state index contributed by atoms with van der Waals surface area (Å²) in [6.07, 6.45) is 0. The maximum atomic E-state index is 8.88. The van der Waals surface area contributed by atoms with E-state index < -0.39 is 0 Å². The molecule has 0 bridgehead atoms. The zero-order valence-corrected chi connectivity index (χ0v) is 10.5. The second-order valence-electron chi connectivity index (χ2n) is 3.69. The van der Waals surface area contributed by atoms with Crippen molar-refractivity contribution in [3.8, 4) is 22.3 Å². The number of aryl methyl sites for hydroxylation is 1. The normalized spacial score (nSPS) is 9.94. The number of nitrogens with zero attached hydrogens (tertiary/aromatic N) is 1. The van der Waals surface area contributed by atoms with Crippen molar-refractivity contribution in [3.63, 3.8) is 0 Å². The van der Waals surface area contributed by atoms with Gasteiger partial charge in [0.25, 0.3) is 0 Å². The molecule has 0 aliphatic carbocycles. The predicted molar refractivity (Wildman–Crippen MR) is 70.2 cm³/mol. The zero-order chi connectivity index (χ0) is 12.4. The number of methoxy groups -OCH3 is 1. The lowest BCUT2D eigenvalue weighted by atomic mass is 10.1. The highest BCUT2D eigenvalue weighted by Crippen LogP contribution is 2.35. The summed E-state index contributed by atoms with van der Waals surface area (Å²) in [6.45, 7) is 1.99. The van der Waals surface area contributed by atoms with Crippen LogP contribution >= 0.6 is 11.3 Å². The van der Waals surface area contributed by atoms with Crippen LogP contribution in [0, 0.1) is 18.3 Å². The van der Waals surface area contributed by atoms with Crippen molar-refractivity contribution >= 4 is 17.0 Å². The molecule has 1 aromatic heterocycles. The van der Waals surface area contributed by atoms with Crippen LogP contribution in [0.25, 0.3) is 10.4 Å². The molecule has 0 saturated carbocycles. The standard InChI is InChI=1S/C13H12N2OS/c1-8-3-4-9(5-11(8)16-2)12-6-10(15)13(7-14)17-12/h3-6H,15H2,1-2H3. The van der Waals surface area contributed by atoms with Gasteiger partial charge in [-0.1, -0.05) is 12.1 Å². The van der Waals surface area contributed by atoms with E-state index >= 15 is 0 Å². The maximum Gasteiger partial charge on any atom is 0.128 e. The Kier molecular flexibility index (Phi) is 3.03. The fourth-order valence-electron chi connectivity index (χ4n) is 1.61. The number of hydrogen-bond acceptors (Lipinski definition) is 4. The topological polar surface area (TPSA) is 59.0 Å². The first-order valence-corrected chi connectivity index (χ1v) is 5.91. The Morgan fingerprint density at radius 1 is 1.35 bits per heavy atom. The molecule has 2 rings (SSSR count). The molecule has 0 saturated heterocycles. The van der Waals surface area contributed by atoms with E-state index in [0.29, 0.717) is 10.6 Å². The molecule has 0 spiro atoms. The molecule has 0 unspecified atom stereocenters. The number of thiophene rings is 1. The van der Waals surface area contributed by atoms with Crippen LogP contribution in [0.3, 0.4) is 0 Å². The van der Waals surface area contributed by atoms with Crippen LogP contribution in [-0.2, 0) is 0 Å². The molecule has 2 N–H and O–H groups in total. The fourth-order valence-corrected chi connectivity index (χ4v) is 2.48. The molecule has 0 aliphatic rings. The number of nitrogens with two attached hydrogens (primary N) is 1. The molecule has 0 atom stereocenters. The molecule has 86 valence electrons. The predicted octanol–water partition coefficient (Wildman–Crippen LogP) is 3.19. The maximum absolute atomic E-state index is 8.88. The first-order valence-electron chi connectivity index (χ1n) is 5.10. The van der Waals surface area contributed by atoms with Gasteiger partial charge in [0.2, 0.25) is 0 Å². The van der Waals surface area contributed by atoms with Crippen LogP contribution < -0.4 is 10.5 Å². The van der Waals surface area contributed by atoms with Crippen LogP contribution in [-0.4, -0.2) is 7.11 Å². The molecule has 17 heavy (non-hydrogen) atoms. The third kappa shape index (κ3) is 2.10. The lowest BCUT2D eigenvalue weighted by molar-refractivity contribution is 0.412. The lowest BCUT2D eigenvalue weighted by Gasteiger charge is -2.06. The Balaban J connectivity index is 2.50. The van der Waals surface area contributed by atoms with Crippen LogP contribution in [0.2, 0.25) is 0 Å². The van der Waals surface area contributed by atoms with Crippen LogP contribution in [0.4, 0.5) is 5.69 Å². The van der Waals surface area contributed by atoms with Gasteiger partial charge in [0, 0.05) is 4.88 Å². The van der Waals surface area contributed by atoms with Crippen LogP contribution in [0.15, 0.2) is 24.3 Å². The van der Waals surface area contributed by atoms with Gasteiger partial charge in [-0.25, -0.2) is 0 Å². The van der Waals surface area contributed by atoms with Gasteiger partial charge in [0.1, 0.15) is 16.7 Å². The molecular weight excluding hydrogens is 232 g/mol. The summed E-state index contributed by atoms with van der Waals surface area (Å²) >= 11 is 1.40. The molecule has 3 nitrogen and oxygen atoms in total. The second kappa shape index (κ2) is 4.48. The van der Waals surface area contributed by atoms with Crippen molar-refractivity contribution in [1.29, 1.82) is 5.26 Å². The number of ether oxygens (including phenoxy) is 1. The van der Waals surface area contributed by atoms with E-state index in [0.717, 1.165) is 21.8 Å². The number of rotatable bonds is 2. The number of hydrogen-bond donors (Lipinski definition) is 1. The molecular formula is C13H12N2OS. The lowest BCUT2D eigenvalue weighted by Crippen LogP contribution is -1.87. The highest BCUT2D eigenvalue weighted by atomic mass is 32.1. The van der Waals surface area contributed by atoms with Gasteiger partial charge in [0.15, 0.2) is 0 Å². The Morgan fingerprint density at radius 2 is 2.12 bits per heavy atom. The van der Waals surface area contributed by atoms with Gasteiger partial charge in [0.05, 0.1) is 12.8 Å². The summed E-state index contributed by atoms with van der Waals surface area (Å²) in [6, 6.07) is 9.87. The monoisotopic (exact) mass is 244 g/mol. The van der Waals surface area contributed by atoms with Gasteiger partial charge in [-0.05, 0) is 30.2 Å². The van der Waals surface area contributed by atoms with Crippen LogP contribution in [0.1, 0.15) is 10.4 Å². The first-order chi connectivity index (χ1) is 8.15. The first kappa shape index (κ1) is 11.5. The molecule has 1 aromatic carbocycles. The van der Waals surface area contributed by atoms with Gasteiger partial charge in [-0.15, -0.1) is 11.3 Å². The van der Waals surface area contributed by atoms with Gasteiger partial charge in [-0.3, -0.25) is 0 Å². The Labute approximate surface area is 104 Å². The summed E-state index contributed by atoms with van der Waals surface area (Å²) in [5.41, 5.74) is 8.38. The van der Waals surface area contributed by atoms with E-state index in [4.69, 9.17) is 15.7 Å². The molecule has 2 aromatic rings. The zero-order valence-electron chi connectivity index (χ0n) is 9.65. The average Bonchev–Trinajstić information content (AvgIpc) is 2.71. The number of benzene rings is 1. The minimum Gasteiger partial charge on any atom is -0.496 e. The summed E-state index contributed by atoms with van der Waals surface area (Å²) < 4.78 is 5.28. The molecule has 0 radical (unpaired) electrons. The summed E-state index contributed by atoms with van der Waals surface area (Å²) in [5.74, 6) is 0.841. The van der Waals surface area contributed by atoms with Crippen molar-refractivity contribution < 1.29 is 4.74 Å². The van der Waals surface area contributed by atoms with E-state index in [1.165, 1.54) is 11.3 Å². The van der Waals surface area contributed by atoms with E-state index in [2.05, 4.69) is 6.07 Å². The Bertz CT molecular complexity index is 596. The van der Waals surface area contributed by atoms with Crippen molar-refractivity contribution in [3.05, 3.63) is 34.7 Å². The summed E-state index contributed by atoms with van der Waals surface area (Å²) in [7, 11) is 1.65. The smallest absolute Gasteiger partial charge is 0.128 e. The van der Waals surface area contributed by atoms with Crippen molar-refractivity contribution in [2.45, 2.75) is 6.92 Å². The number of anilines is 1. The van der Waals surface area contributed by atoms with Gasteiger partial charge < -0.3 is 10.5 Å². The van der Waals surface area contributed by atoms with Crippen molar-refractivity contribution in [2.75, 3.05) is 12.8 Å². The second-order valence-corrected chi connectivity index (χ2v) is 4.74. The molecule has 0 fully saturated rings. The van der Waals surface area contributed by atoms with E-state index in [1.54, 1.807) is 7.11 Å². The highest BCUT2D eigenvalue weighted by molar-refractivity contribution is 7.16. The average molecular weight is 244 g/mol. The van der Waals surface area contributed by atoms with Crippen molar-refractivity contribution in [1.82, 2.24) is 0 Å². The molecule has 0 aliphatic heterocycles. The largest absolute Gasteiger partial charge is 0.496 e. The minimum absolute atomic E-state index is 0.534. The van der Waals surface area contributed by atoms with Crippen LogP contribution in [0.5, 0.6) is 5.75 Å². The minimum atomic E-state index is 0.534. The summed E-state index contributed by atoms with van der Waals surface area (Å²) in [4.78, 5) is 1.54. The Hall–Kier alpha value is -1.99. The number of nitrogen functional groups attached to an aromatic ring is 1. The highest BCUT2D eigenvalue weighted by Gasteiger charge is 2.09. The van der Waals surface area contributed by atoms with E-state index in [-0.39, 0.29) is 0 Å². The number of nitriles is 1. The Morgan fingerprint density at radius 3 is 2.71 bits per heavy atom. The summed E-state index contributed by atoms with van der Waals surface area (Å²) in [5, 5.41) is 8.88. The third-order valence-corrected chi connectivity index (χ3v) is 3.66. The van der Waals surface area contributed by atoms with E-state index in [9.17, 15) is 0 Å². The SMILES string of the molecule is COc1cc(-c2cc(N)c(C#N)s2)ccc1C. The third-order valence-electron chi connectivity index (χ3n) is 2.55. The van der Waals surface area contributed by atoms with Gasteiger partial charge in [-0.2, -0.15) is 5.26 Å². The fraction of sp³-hybridized carbons (Fsp3) is 0.154. The van der Waals surface area contributed by atoms with Crippen molar-refractivity contribution in [2.24, 2.45) is 0 Å². The molecule has 1 heterocycles. The van der Waals surface area contributed by atoms with Gasteiger partial charge >= 0.3 is 0 Å². The molecule has 4 heteroatoms. The molecule has 0 amide bonds.